The van der Waals surface area contributed by atoms with Crippen LogP contribution in [0.5, 0.6) is 0 Å². The number of carbonyl (C=O) groups excluding carboxylic acids is 2. The number of hydrogen-bond acceptors (Lipinski definition) is 2. The number of rotatable bonds is 4. The van der Waals surface area contributed by atoms with Crippen LogP contribution in [0, 0.1) is 10.8 Å². The fraction of sp³-hybridized carbons (Fsp3) is 0.556. The Bertz CT molecular complexity index is 435. The van der Waals surface area contributed by atoms with Crippen LogP contribution in [0.3, 0.4) is 0 Å². The molecule has 2 nitrogen and oxygen atoms in total. The van der Waals surface area contributed by atoms with Gasteiger partial charge in [0, 0.05) is 23.7 Å². The molecule has 0 aliphatic rings. The van der Waals surface area contributed by atoms with E-state index in [0.717, 1.165) is 11.1 Å². The maximum atomic E-state index is 12.0. The average molecular weight is 274 g/mol. The highest BCUT2D eigenvalue weighted by atomic mass is 16.1. The summed E-state index contributed by atoms with van der Waals surface area (Å²) in [6, 6.07) is 7.81. The first kappa shape index (κ1) is 16.6. The predicted molar refractivity (Wildman–Crippen MR) is 82.8 cm³/mol. The summed E-state index contributed by atoms with van der Waals surface area (Å²) in [7, 11) is 0. The SMILES string of the molecule is CC(C)(C)C(=O)Cc1ccc(CC(=O)C(C)(C)C)cc1. The first-order valence-corrected chi connectivity index (χ1v) is 7.14. The molecule has 20 heavy (non-hydrogen) atoms. The topological polar surface area (TPSA) is 34.1 Å². The molecule has 0 saturated carbocycles. The Kier molecular flexibility index (Phi) is 4.90. The molecule has 1 aromatic carbocycles. The van der Waals surface area contributed by atoms with Gasteiger partial charge in [0.1, 0.15) is 11.6 Å². The maximum Gasteiger partial charge on any atom is 0.142 e. The van der Waals surface area contributed by atoms with Gasteiger partial charge in [-0.3, -0.25) is 9.59 Å². The lowest BCUT2D eigenvalue weighted by molar-refractivity contribution is -0.126. The molecule has 0 saturated heterocycles. The van der Waals surface area contributed by atoms with Gasteiger partial charge >= 0.3 is 0 Å². The third kappa shape index (κ3) is 4.92. The molecule has 0 spiro atoms. The van der Waals surface area contributed by atoms with E-state index >= 15 is 0 Å². The molecule has 2 heteroatoms. The zero-order valence-electron chi connectivity index (χ0n) is 13.5. The summed E-state index contributed by atoms with van der Waals surface area (Å²) in [6.45, 7) is 11.6. The zero-order valence-corrected chi connectivity index (χ0v) is 13.5. The van der Waals surface area contributed by atoms with E-state index < -0.39 is 0 Å². The molecular formula is C18H26O2. The van der Waals surface area contributed by atoms with Crippen molar-refractivity contribution >= 4 is 11.6 Å². The molecule has 0 bridgehead atoms. The number of ketones is 2. The Balaban J connectivity index is 2.71. The maximum absolute atomic E-state index is 12.0. The molecule has 0 fully saturated rings. The van der Waals surface area contributed by atoms with Crippen LogP contribution in [0.2, 0.25) is 0 Å². The minimum absolute atomic E-state index is 0.232. The average Bonchev–Trinajstić information content (AvgIpc) is 2.29. The van der Waals surface area contributed by atoms with E-state index in [1.165, 1.54) is 0 Å². The molecule has 1 rings (SSSR count). The molecule has 1 aromatic rings. The van der Waals surface area contributed by atoms with Crippen LogP contribution >= 0.6 is 0 Å². The van der Waals surface area contributed by atoms with Gasteiger partial charge in [-0.05, 0) is 11.1 Å². The van der Waals surface area contributed by atoms with Crippen LogP contribution in [-0.4, -0.2) is 11.6 Å². The summed E-state index contributed by atoms with van der Waals surface area (Å²) in [5.74, 6) is 0.465. The second kappa shape index (κ2) is 5.90. The third-order valence-electron chi connectivity index (χ3n) is 3.43. The van der Waals surface area contributed by atoms with E-state index in [1.54, 1.807) is 0 Å². The largest absolute Gasteiger partial charge is 0.299 e. The van der Waals surface area contributed by atoms with Crippen molar-refractivity contribution < 1.29 is 9.59 Å². The van der Waals surface area contributed by atoms with Crippen molar-refractivity contribution in [2.24, 2.45) is 10.8 Å². The fourth-order valence-corrected chi connectivity index (χ4v) is 1.68. The molecule has 0 unspecified atom stereocenters. The van der Waals surface area contributed by atoms with E-state index in [9.17, 15) is 9.59 Å². The number of hydrogen-bond donors (Lipinski definition) is 0. The first-order chi connectivity index (χ1) is 9.00. The van der Waals surface area contributed by atoms with Gasteiger partial charge in [0.25, 0.3) is 0 Å². The predicted octanol–water partition coefficient (Wildman–Crippen LogP) is 4.00. The van der Waals surface area contributed by atoms with E-state index in [0.29, 0.717) is 12.8 Å². The monoisotopic (exact) mass is 274 g/mol. The van der Waals surface area contributed by atoms with E-state index in [4.69, 9.17) is 0 Å². The van der Waals surface area contributed by atoms with Crippen molar-refractivity contribution in [3.63, 3.8) is 0 Å². The molecule has 0 atom stereocenters. The zero-order chi connectivity index (χ0) is 15.6. The fourth-order valence-electron chi connectivity index (χ4n) is 1.68. The summed E-state index contributed by atoms with van der Waals surface area (Å²) in [5, 5.41) is 0. The van der Waals surface area contributed by atoms with Gasteiger partial charge in [0.05, 0.1) is 0 Å². The van der Waals surface area contributed by atoms with Gasteiger partial charge < -0.3 is 0 Å². The Morgan fingerprint density at radius 1 is 0.700 bits per heavy atom. The molecule has 0 amide bonds. The van der Waals surface area contributed by atoms with Gasteiger partial charge in [-0.15, -0.1) is 0 Å². The van der Waals surface area contributed by atoms with Crippen LogP contribution in [0.15, 0.2) is 24.3 Å². The molecule has 0 N–H and O–H groups in total. The van der Waals surface area contributed by atoms with Crippen LogP contribution in [0.4, 0.5) is 0 Å². The summed E-state index contributed by atoms with van der Waals surface area (Å²) in [5.41, 5.74) is 1.41. The second-order valence-electron chi connectivity index (χ2n) is 7.52. The second-order valence-corrected chi connectivity index (χ2v) is 7.52. The van der Waals surface area contributed by atoms with Crippen molar-refractivity contribution in [1.29, 1.82) is 0 Å². The van der Waals surface area contributed by atoms with Crippen LogP contribution in [-0.2, 0) is 22.4 Å². The lowest BCUT2D eigenvalue weighted by atomic mass is 9.86. The van der Waals surface area contributed by atoms with E-state index in [1.807, 2.05) is 65.8 Å². The van der Waals surface area contributed by atoms with Gasteiger partial charge in [-0.25, -0.2) is 0 Å². The summed E-state index contributed by atoms with van der Waals surface area (Å²) in [4.78, 5) is 23.9. The summed E-state index contributed by atoms with van der Waals surface area (Å²) >= 11 is 0. The van der Waals surface area contributed by atoms with Gasteiger partial charge in [-0.1, -0.05) is 65.8 Å². The van der Waals surface area contributed by atoms with E-state index in [2.05, 4.69) is 0 Å². The molecule has 0 radical (unpaired) electrons. The lowest BCUT2D eigenvalue weighted by Crippen LogP contribution is -2.22. The summed E-state index contributed by atoms with van der Waals surface area (Å²) in [6.07, 6.45) is 0.911. The lowest BCUT2D eigenvalue weighted by Gasteiger charge is -2.17. The van der Waals surface area contributed by atoms with E-state index in [-0.39, 0.29) is 22.4 Å². The quantitative estimate of drug-likeness (QED) is 0.831. The molecule has 110 valence electrons. The number of Topliss-reactive ketones (excluding diaryl/α,β-unsaturated/α-hetero) is 2. The van der Waals surface area contributed by atoms with Crippen molar-refractivity contribution in [1.82, 2.24) is 0 Å². The van der Waals surface area contributed by atoms with Crippen LogP contribution in [0.25, 0.3) is 0 Å². The molecular weight excluding hydrogens is 248 g/mol. The highest BCUT2D eigenvalue weighted by Crippen LogP contribution is 2.20. The van der Waals surface area contributed by atoms with Crippen LogP contribution < -0.4 is 0 Å². The molecule has 0 aliphatic heterocycles. The first-order valence-electron chi connectivity index (χ1n) is 7.14. The number of benzene rings is 1. The smallest absolute Gasteiger partial charge is 0.142 e. The molecule has 0 heterocycles. The number of carbonyl (C=O) groups is 2. The Hall–Kier alpha value is -1.44. The Labute approximate surface area is 122 Å². The molecule has 0 aliphatic carbocycles. The Morgan fingerprint density at radius 2 is 0.950 bits per heavy atom. The normalized spacial score (nSPS) is 12.3. The van der Waals surface area contributed by atoms with Gasteiger partial charge in [0.2, 0.25) is 0 Å². The van der Waals surface area contributed by atoms with Crippen molar-refractivity contribution in [2.75, 3.05) is 0 Å². The minimum Gasteiger partial charge on any atom is -0.299 e. The van der Waals surface area contributed by atoms with Gasteiger partial charge in [0.15, 0.2) is 0 Å². The highest BCUT2D eigenvalue weighted by molar-refractivity contribution is 5.86. The Morgan fingerprint density at radius 3 is 1.15 bits per heavy atom. The van der Waals surface area contributed by atoms with Crippen molar-refractivity contribution in [3.05, 3.63) is 35.4 Å². The van der Waals surface area contributed by atoms with Gasteiger partial charge in [-0.2, -0.15) is 0 Å². The molecule has 0 aromatic heterocycles. The summed E-state index contributed by atoms with van der Waals surface area (Å²) < 4.78 is 0. The standard InChI is InChI=1S/C18H26O2/c1-17(2,3)15(19)11-13-7-9-14(10-8-13)12-16(20)18(4,5)6/h7-10H,11-12H2,1-6H3. The highest BCUT2D eigenvalue weighted by Gasteiger charge is 2.22. The van der Waals surface area contributed by atoms with Crippen molar-refractivity contribution in [2.45, 2.75) is 54.4 Å². The minimum atomic E-state index is -0.305. The van der Waals surface area contributed by atoms with Crippen molar-refractivity contribution in [3.8, 4) is 0 Å². The third-order valence-corrected chi connectivity index (χ3v) is 3.43. The van der Waals surface area contributed by atoms with Crippen LogP contribution in [0.1, 0.15) is 52.7 Å².